The molecule has 0 N–H and O–H groups in total. The van der Waals surface area contributed by atoms with Gasteiger partial charge >= 0.3 is 12.3 Å². The molecule has 2 saturated heterocycles. The van der Waals surface area contributed by atoms with E-state index in [0.29, 0.717) is 32.1 Å². The van der Waals surface area contributed by atoms with Gasteiger partial charge in [0.15, 0.2) is 0 Å². The highest BCUT2D eigenvalue weighted by Gasteiger charge is 2.42. The average Bonchev–Trinajstić information content (AvgIpc) is 2.69. The number of hydrogen-bond acceptors (Lipinski definition) is 6. The quantitative estimate of drug-likeness (QED) is 0.636. The summed E-state index contributed by atoms with van der Waals surface area (Å²) in [6, 6.07) is 3.03. The average molecular weight is 426 g/mol. The van der Waals surface area contributed by atoms with Crippen molar-refractivity contribution in [2.45, 2.75) is 17.2 Å². The zero-order valence-electron chi connectivity index (χ0n) is 15.1. The summed E-state index contributed by atoms with van der Waals surface area (Å²) in [7, 11) is -3.64. The third-order valence-electron chi connectivity index (χ3n) is 4.78. The van der Waals surface area contributed by atoms with Gasteiger partial charge < -0.3 is 9.64 Å². The minimum absolute atomic E-state index is 0.0772. The molecule has 0 atom stereocenters. The first-order valence-electron chi connectivity index (χ1n) is 8.87. The Balaban J connectivity index is 1.59. The summed E-state index contributed by atoms with van der Waals surface area (Å²) < 4.78 is 82.7. The molecule has 2 aliphatic heterocycles. The monoisotopic (exact) mass is 426 g/mol. The number of morpholine rings is 1. The number of piperazine rings is 1. The van der Waals surface area contributed by atoms with Crippen molar-refractivity contribution in [3.63, 3.8) is 0 Å². The summed E-state index contributed by atoms with van der Waals surface area (Å²) in [5, 5.41) is 0. The standard InChI is InChI=1S/C16H22F4N4O3S/c17-15(18)16(19,20)12-22-3-5-23(6-4-22)14-2-1-13(11-21-14)28(25,26)24-7-9-27-10-8-24/h1-2,11,15H,3-10,12H2. The number of halogens is 4. The predicted octanol–water partition coefficient (Wildman–Crippen LogP) is 1.12. The van der Waals surface area contributed by atoms with Gasteiger partial charge in [-0.25, -0.2) is 22.2 Å². The summed E-state index contributed by atoms with van der Waals surface area (Å²) in [5.41, 5.74) is 0. The molecular formula is C16H22F4N4O3S. The normalized spacial score (nSPS) is 20.7. The highest BCUT2D eigenvalue weighted by atomic mass is 32.2. The van der Waals surface area contributed by atoms with Crippen LogP contribution >= 0.6 is 0 Å². The van der Waals surface area contributed by atoms with Crippen LogP contribution in [0.1, 0.15) is 0 Å². The van der Waals surface area contributed by atoms with Gasteiger partial charge in [0.1, 0.15) is 10.7 Å². The lowest BCUT2D eigenvalue weighted by Crippen LogP contribution is -2.51. The molecule has 0 spiro atoms. The Kier molecular flexibility index (Phi) is 6.42. The van der Waals surface area contributed by atoms with Gasteiger partial charge in [-0.3, -0.25) is 4.90 Å². The van der Waals surface area contributed by atoms with E-state index in [4.69, 9.17) is 4.74 Å². The highest BCUT2D eigenvalue weighted by Crippen LogP contribution is 2.25. The van der Waals surface area contributed by atoms with Gasteiger partial charge in [0.25, 0.3) is 0 Å². The third kappa shape index (κ3) is 4.73. The number of aromatic nitrogens is 1. The van der Waals surface area contributed by atoms with E-state index in [1.54, 1.807) is 6.07 Å². The van der Waals surface area contributed by atoms with Crippen molar-refractivity contribution in [3.8, 4) is 0 Å². The first-order valence-corrected chi connectivity index (χ1v) is 10.3. The molecular weight excluding hydrogens is 404 g/mol. The first-order chi connectivity index (χ1) is 13.2. The molecule has 0 unspecified atom stereocenters. The van der Waals surface area contributed by atoms with Gasteiger partial charge in [-0.05, 0) is 12.1 Å². The Morgan fingerprint density at radius 2 is 1.71 bits per heavy atom. The van der Waals surface area contributed by atoms with E-state index in [1.165, 1.54) is 21.5 Å². The lowest BCUT2D eigenvalue weighted by molar-refractivity contribution is -0.142. The third-order valence-corrected chi connectivity index (χ3v) is 6.66. The predicted molar refractivity (Wildman–Crippen MR) is 93.4 cm³/mol. The zero-order chi connectivity index (χ0) is 20.4. The molecule has 3 heterocycles. The lowest BCUT2D eigenvalue weighted by atomic mass is 10.2. The van der Waals surface area contributed by atoms with Gasteiger partial charge in [0, 0.05) is 45.5 Å². The molecule has 12 heteroatoms. The van der Waals surface area contributed by atoms with Crippen LogP contribution < -0.4 is 4.90 Å². The van der Waals surface area contributed by atoms with Crippen molar-refractivity contribution < 1.29 is 30.7 Å². The topological polar surface area (TPSA) is 66.0 Å². The fourth-order valence-corrected chi connectivity index (χ4v) is 4.50. The molecule has 3 rings (SSSR count). The Labute approximate surface area is 160 Å². The Bertz CT molecular complexity index is 750. The largest absolute Gasteiger partial charge is 0.379 e. The molecule has 1 aromatic heterocycles. The molecule has 1 aromatic rings. The van der Waals surface area contributed by atoms with Crippen molar-refractivity contribution in [3.05, 3.63) is 18.3 Å². The number of nitrogens with zero attached hydrogens (tertiary/aromatic N) is 4. The molecule has 0 aliphatic carbocycles. The van der Waals surface area contributed by atoms with Crippen LogP contribution in [0.4, 0.5) is 23.4 Å². The summed E-state index contributed by atoms with van der Waals surface area (Å²) in [6.45, 7) is 1.34. The zero-order valence-corrected chi connectivity index (χ0v) is 15.9. The minimum Gasteiger partial charge on any atom is -0.379 e. The minimum atomic E-state index is -4.03. The molecule has 0 bridgehead atoms. The van der Waals surface area contributed by atoms with Crippen molar-refractivity contribution in [2.75, 3.05) is 63.9 Å². The maximum Gasteiger partial charge on any atom is 0.319 e. The number of sulfonamides is 1. The van der Waals surface area contributed by atoms with Crippen LogP contribution in [0.5, 0.6) is 0 Å². The smallest absolute Gasteiger partial charge is 0.319 e. The van der Waals surface area contributed by atoms with Crippen LogP contribution in [-0.4, -0.2) is 94.0 Å². The van der Waals surface area contributed by atoms with E-state index in [0.717, 1.165) is 0 Å². The summed E-state index contributed by atoms with van der Waals surface area (Å²) in [4.78, 5) is 7.37. The maximum absolute atomic E-state index is 13.2. The van der Waals surface area contributed by atoms with E-state index in [2.05, 4.69) is 4.98 Å². The summed E-state index contributed by atoms with van der Waals surface area (Å²) >= 11 is 0. The van der Waals surface area contributed by atoms with E-state index >= 15 is 0 Å². The van der Waals surface area contributed by atoms with Gasteiger partial charge in [-0.2, -0.15) is 13.1 Å². The van der Waals surface area contributed by atoms with Crippen molar-refractivity contribution in [1.82, 2.24) is 14.2 Å². The number of rotatable bonds is 6. The van der Waals surface area contributed by atoms with Crippen LogP contribution in [0.2, 0.25) is 0 Å². The highest BCUT2D eigenvalue weighted by molar-refractivity contribution is 7.89. The van der Waals surface area contributed by atoms with Gasteiger partial charge in [-0.15, -0.1) is 0 Å². The second kappa shape index (κ2) is 8.47. The second-order valence-electron chi connectivity index (χ2n) is 6.69. The second-order valence-corrected chi connectivity index (χ2v) is 8.63. The number of hydrogen-bond donors (Lipinski definition) is 0. The first kappa shape index (κ1) is 21.2. The van der Waals surface area contributed by atoms with Crippen LogP contribution in [0.25, 0.3) is 0 Å². The fraction of sp³-hybridized carbons (Fsp3) is 0.688. The van der Waals surface area contributed by atoms with Crippen molar-refractivity contribution >= 4 is 15.8 Å². The molecule has 0 aromatic carbocycles. The van der Waals surface area contributed by atoms with Crippen LogP contribution in [0.3, 0.4) is 0 Å². The fourth-order valence-electron chi connectivity index (χ4n) is 3.15. The molecule has 158 valence electrons. The molecule has 2 fully saturated rings. The summed E-state index contributed by atoms with van der Waals surface area (Å²) in [5.74, 6) is -3.52. The van der Waals surface area contributed by atoms with Crippen LogP contribution in [0.15, 0.2) is 23.2 Å². The molecule has 2 aliphatic rings. The Morgan fingerprint density at radius 3 is 2.25 bits per heavy atom. The van der Waals surface area contributed by atoms with E-state index in [9.17, 15) is 26.0 Å². The lowest BCUT2D eigenvalue weighted by Gasteiger charge is -2.36. The number of alkyl halides is 4. The number of anilines is 1. The molecule has 0 saturated carbocycles. The van der Waals surface area contributed by atoms with Gasteiger partial charge in [0.2, 0.25) is 10.0 Å². The summed E-state index contributed by atoms with van der Waals surface area (Å²) in [6.07, 6.45) is -2.41. The van der Waals surface area contributed by atoms with Gasteiger partial charge in [0.05, 0.1) is 19.8 Å². The Morgan fingerprint density at radius 1 is 1.07 bits per heavy atom. The van der Waals surface area contributed by atoms with Crippen molar-refractivity contribution in [1.29, 1.82) is 0 Å². The SMILES string of the molecule is O=S(=O)(c1ccc(N2CCN(CC(F)(F)C(F)F)CC2)nc1)N1CCOCC1. The van der Waals surface area contributed by atoms with E-state index < -0.39 is 28.9 Å². The van der Waals surface area contributed by atoms with E-state index in [-0.39, 0.29) is 31.1 Å². The van der Waals surface area contributed by atoms with Gasteiger partial charge in [-0.1, -0.05) is 0 Å². The molecule has 7 nitrogen and oxygen atoms in total. The van der Waals surface area contributed by atoms with Crippen LogP contribution in [0, 0.1) is 0 Å². The van der Waals surface area contributed by atoms with Crippen LogP contribution in [-0.2, 0) is 14.8 Å². The molecule has 0 amide bonds. The number of ether oxygens (including phenoxy) is 1. The molecule has 28 heavy (non-hydrogen) atoms. The number of pyridine rings is 1. The van der Waals surface area contributed by atoms with Crippen molar-refractivity contribution in [2.24, 2.45) is 0 Å². The molecule has 0 radical (unpaired) electrons. The Hall–Kier alpha value is -1.50. The maximum atomic E-state index is 13.2. The van der Waals surface area contributed by atoms with E-state index in [1.807, 2.05) is 4.90 Å².